The molecule has 3 aromatic rings. The number of carbonyl (C=O) groups excluding carboxylic acids is 1. The maximum Gasteiger partial charge on any atom is 0.274 e. The SMILES string of the molecule is Cc1nc(Cc2ccc(F)c(F)c2)sc1NC(=O)c1ccnn1C. The molecule has 0 bridgehead atoms. The van der Waals surface area contributed by atoms with Gasteiger partial charge in [0.1, 0.15) is 10.7 Å². The van der Waals surface area contributed by atoms with Crippen molar-refractivity contribution in [2.45, 2.75) is 13.3 Å². The van der Waals surface area contributed by atoms with E-state index in [2.05, 4.69) is 15.4 Å². The smallest absolute Gasteiger partial charge is 0.274 e. The first-order chi connectivity index (χ1) is 11.4. The topological polar surface area (TPSA) is 59.8 Å². The molecule has 0 aliphatic carbocycles. The van der Waals surface area contributed by atoms with E-state index in [1.54, 1.807) is 26.2 Å². The molecule has 1 aromatic carbocycles. The van der Waals surface area contributed by atoms with Gasteiger partial charge in [-0.25, -0.2) is 13.8 Å². The lowest BCUT2D eigenvalue weighted by Crippen LogP contribution is -2.15. The standard InChI is InChI=1S/C16H14F2N4OS/c1-9-16(21-15(23)13-5-6-19-22(13)2)24-14(20-9)8-10-3-4-11(17)12(18)7-10/h3-7H,8H2,1-2H3,(H,21,23). The normalized spacial score (nSPS) is 10.8. The van der Waals surface area contributed by atoms with E-state index < -0.39 is 11.6 Å². The lowest BCUT2D eigenvalue weighted by molar-refractivity contribution is 0.101. The highest BCUT2D eigenvalue weighted by atomic mass is 32.1. The minimum absolute atomic E-state index is 0.277. The van der Waals surface area contributed by atoms with Gasteiger partial charge in [-0.3, -0.25) is 9.48 Å². The fraction of sp³-hybridized carbons (Fsp3) is 0.188. The number of carbonyl (C=O) groups is 1. The molecule has 24 heavy (non-hydrogen) atoms. The van der Waals surface area contributed by atoms with Gasteiger partial charge in [-0.05, 0) is 30.7 Å². The highest BCUT2D eigenvalue weighted by Crippen LogP contribution is 2.26. The van der Waals surface area contributed by atoms with Crippen LogP contribution in [0.15, 0.2) is 30.5 Å². The van der Waals surface area contributed by atoms with Crippen LogP contribution >= 0.6 is 11.3 Å². The van der Waals surface area contributed by atoms with Gasteiger partial charge in [-0.2, -0.15) is 5.10 Å². The van der Waals surface area contributed by atoms with Crippen molar-refractivity contribution in [1.29, 1.82) is 0 Å². The number of halogens is 2. The van der Waals surface area contributed by atoms with E-state index in [-0.39, 0.29) is 5.91 Å². The van der Waals surface area contributed by atoms with Gasteiger partial charge in [0.15, 0.2) is 11.6 Å². The number of aryl methyl sites for hydroxylation is 2. The van der Waals surface area contributed by atoms with E-state index in [4.69, 9.17) is 0 Å². The summed E-state index contributed by atoms with van der Waals surface area (Å²) >= 11 is 1.31. The number of hydrogen-bond donors (Lipinski definition) is 1. The molecular weight excluding hydrogens is 334 g/mol. The van der Waals surface area contributed by atoms with Crippen molar-refractivity contribution in [2.24, 2.45) is 7.05 Å². The second-order valence-electron chi connectivity index (χ2n) is 5.24. The van der Waals surface area contributed by atoms with Crippen LogP contribution < -0.4 is 5.32 Å². The zero-order valence-corrected chi connectivity index (χ0v) is 13.8. The van der Waals surface area contributed by atoms with Gasteiger partial charge in [-0.1, -0.05) is 6.07 Å². The molecule has 8 heteroatoms. The molecule has 0 radical (unpaired) electrons. The second-order valence-corrected chi connectivity index (χ2v) is 6.33. The van der Waals surface area contributed by atoms with Crippen molar-refractivity contribution in [2.75, 3.05) is 5.32 Å². The number of aromatic nitrogens is 3. The number of hydrogen-bond acceptors (Lipinski definition) is 4. The predicted octanol–water partition coefficient (Wildman–Crippen LogP) is 3.31. The summed E-state index contributed by atoms with van der Waals surface area (Å²) in [6.07, 6.45) is 1.91. The summed E-state index contributed by atoms with van der Waals surface area (Å²) in [7, 11) is 1.68. The predicted molar refractivity (Wildman–Crippen MR) is 87.2 cm³/mol. The average molecular weight is 348 g/mol. The third kappa shape index (κ3) is 3.33. The number of anilines is 1. The van der Waals surface area contributed by atoms with Crippen LogP contribution in [0.3, 0.4) is 0 Å². The number of benzene rings is 1. The molecule has 1 amide bonds. The minimum atomic E-state index is -0.884. The first kappa shape index (κ1) is 16.3. The number of thiazole rings is 1. The summed E-state index contributed by atoms with van der Waals surface area (Å²) < 4.78 is 27.7. The molecule has 124 valence electrons. The largest absolute Gasteiger partial charge is 0.311 e. The van der Waals surface area contributed by atoms with Gasteiger partial charge in [0, 0.05) is 19.7 Å². The molecule has 0 fully saturated rings. The molecule has 0 saturated carbocycles. The van der Waals surface area contributed by atoms with Gasteiger partial charge in [-0.15, -0.1) is 11.3 Å². The molecule has 5 nitrogen and oxygen atoms in total. The van der Waals surface area contributed by atoms with Crippen LogP contribution in [0.4, 0.5) is 13.8 Å². The molecule has 0 aliphatic rings. The lowest BCUT2D eigenvalue weighted by atomic mass is 10.1. The fourth-order valence-corrected chi connectivity index (χ4v) is 3.23. The molecule has 1 N–H and O–H groups in total. The Morgan fingerprint density at radius 3 is 2.75 bits per heavy atom. The van der Waals surface area contributed by atoms with E-state index >= 15 is 0 Å². The Hall–Kier alpha value is -2.61. The van der Waals surface area contributed by atoms with Crippen LogP contribution in [0.2, 0.25) is 0 Å². The fourth-order valence-electron chi connectivity index (χ4n) is 2.23. The molecule has 2 aromatic heterocycles. The van der Waals surface area contributed by atoms with E-state index in [9.17, 15) is 13.6 Å². The van der Waals surface area contributed by atoms with E-state index in [1.165, 1.54) is 22.1 Å². The quantitative estimate of drug-likeness (QED) is 0.787. The highest BCUT2D eigenvalue weighted by Gasteiger charge is 2.15. The van der Waals surface area contributed by atoms with Crippen LogP contribution in [-0.2, 0) is 13.5 Å². The maximum atomic E-state index is 13.3. The monoisotopic (exact) mass is 348 g/mol. The molecule has 0 spiro atoms. The van der Waals surface area contributed by atoms with Crippen molar-refractivity contribution >= 4 is 22.2 Å². The minimum Gasteiger partial charge on any atom is -0.311 e. The van der Waals surface area contributed by atoms with Gasteiger partial charge in [0.2, 0.25) is 0 Å². The van der Waals surface area contributed by atoms with Crippen LogP contribution in [-0.4, -0.2) is 20.7 Å². The van der Waals surface area contributed by atoms with Crippen molar-refractivity contribution in [3.05, 3.63) is 64.1 Å². The van der Waals surface area contributed by atoms with Crippen LogP contribution in [0.25, 0.3) is 0 Å². The van der Waals surface area contributed by atoms with Gasteiger partial charge >= 0.3 is 0 Å². The first-order valence-electron chi connectivity index (χ1n) is 7.13. The van der Waals surface area contributed by atoms with Crippen LogP contribution in [0.5, 0.6) is 0 Å². The third-order valence-corrected chi connectivity index (χ3v) is 4.53. The lowest BCUT2D eigenvalue weighted by Gasteiger charge is -2.03. The van der Waals surface area contributed by atoms with Crippen molar-refractivity contribution in [1.82, 2.24) is 14.8 Å². The van der Waals surface area contributed by atoms with E-state index in [0.29, 0.717) is 33.4 Å². The van der Waals surface area contributed by atoms with Crippen molar-refractivity contribution < 1.29 is 13.6 Å². The second kappa shape index (κ2) is 6.48. The van der Waals surface area contributed by atoms with Crippen LogP contribution in [0, 0.1) is 18.6 Å². The van der Waals surface area contributed by atoms with Crippen molar-refractivity contribution in [3.8, 4) is 0 Å². The summed E-state index contributed by atoms with van der Waals surface area (Å²) in [6, 6.07) is 5.38. The number of amides is 1. The Morgan fingerprint density at radius 2 is 2.08 bits per heavy atom. The zero-order chi connectivity index (χ0) is 17.3. The van der Waals surface area contributed by atoms with Crippen molar-refractivity contribution in [3.63, 3.8) is 0 Å². The molecule has 0 aliphatic heterocycles. The summed E-state index contributed by atoms with van der Waals surface area (Å²) in [5.74, 6) is -2.04. The molecule has 0 unspecified atom stereocenters. The number of nitrogens with one attached hydrogen (secondary N) is 1. The van der Waals surface area contributed by atoms with Gasteiger partial charge < -0.3 is 5.32 Å². The maximum absolute atomic E-state index is 13.3. The third-order valence-electron chi connectivity index (χ3n) is 3.46. The van der Waals surface area contributed by atoms with E-state index in [1.807, 2.05) is 0 Å². The summed E-state index contributed by atoms with van der Waals surface area (Å²) in [5.41, 5.74) is 1.73. The number of rotatable bonds is 4. The molecular formula is C16H14F2N4OS. The Kier molecular flexibility index (Phi) is 4.39. The Labute approximate surface area is 141 Å². The molecule has 0 atom stereocenters. The van der Waals surface area contributed by atoms with Gasteiger partial charge in [0.25, 0.3) is 5.91 Å². The molecule has 3 rings (SSSR count). The molecule has 0 saturated heterocycles. The van der Waals surface area contributed by atoms with Gasteiger partial charge in [0.05, 0.1) is 10.7 Å². The summed E-state index contributed by atoms with van der Waals surface area (Å²) in [6.45, 7) is 1.78. The average Bonchev–Trinajstić information content (AvgIpc) is 3.09. The zero-order valence-electron chi connectivity index (χ0n) is 13.0. The first-order valence-corrected chi connectivity index (χ1v) is 7.95. The molecule has 2 heterocycles. The highest BCUT2D eigenvalue weighted by molar-refractivity contribution is 7.16. The summed E-state index contributed by atoms with van der Waals surface area (Å²) in [4.78, 5) is 16.6. The van der Waals surface area contributed by atoms with Crippen LogP contribution in [0.1, 0.15) is 26.8 Å². The Morgan fingerprint density at radius 1 is 1.29 bits per heavy atom. The van der Waals surface area contributed by atoms with E-state index in [0.717, 1.165) is 12.1 Å². The number of nitrogens with zero attached hydrogens (tertiary/aromatic N) is 3. The Balaban J connectivity index is 1.76. The Bertz CT molecular complexity index is 903. The summed E-state index contributed by atoms with van der Waals surface area (Å²) in [5, 5.41) is 8.09.